The Hall–Kier alpha value is -2.93. The van der Waals surface area contributed by atoms with Gasteiger partial charge in [-0.1, -0.05) is 13.8 Å². The smallest absolute Gasteiger partial charge is 0.225 e. The molecule has 3 heterocycles. The average Bonchev–Trinajstić information content (AvgIpc) is 3.18. The van der Waals surface area contributed by atoms with Crippen molar-refractivity contribution in [2.45, 2.75) is 26.4 Å². The molecule has 7 nitrogen and oxygen atoms in total. The summed E-state index contributed by atoms with van der Waals surface area (Å²) in [7, 11) is 0. The molecular weight excluding hydrogens is 330 g/mol. The summed E-state index contributed by atoms with van der Waals surface area (Å²) in [5, 5.41) is 16.1. The van der Waals surface area contributed by atoms with Crippen molar-refractivity contribution in [3.8, 4) is 11.3 Å². The summed E-state index contributed by atoms with van der Waals surface area (Å²) in [5.41, 5.74) is 1.71. The van der Waals surface area contributed by atoms with Crippen LogP contribution in [0, 0.1) is 5.92 Å². The van der Waals surface area contributed by atoms with Crippen molar-refractivity contribution >= 4 is 11.8 Å². The van der Waals surface area contributed by atoms with Crippen LogP contribution in [0.15, 0.2) is 53.4 Å². The third-order valence-corrected chi connectivity index (χ3v) is 4.04. The molecule has 3 aromatic rings. The Morgan fingerprint density at radius 3 is 2.62 bits per heavy atom. The number of aliphatic hydroxyl groups is 1. The molecule has 7 heteroatoms. The Balaban J connectivity index is 1.88. The Morgan fingerprint density at radius 2 is 1.96 bits per heavy atom. The molecule has 26 heavy (non-hydrogen) atoms. The molecule has 0 amide bonds. The Labute approximate surface area is 152 Å². The van der Waals surface area contributed by atoms with Gasteiger partial charge in [-0.15, -0.1) is 0 Å². The van der Waals surface area contributed by atoms with E-state index in [0.29, 0.717) is 18.3 Å². The van der Waals surface area contributed by atoms with Crippen LogP contribution < -0.4 is 10.6 Å². The van der Waals surface area contributed by atoms with Gasteiger partial charge in [-0.2, -0.15) is 4.98 Å². The monoisotopic (exact) mass is 353 g/mol. The molecule has 0 bridgehead atoms. The quantitative estimate of drug-likeness (QED) is 0.572. The van der Waals surface area contributed by atoms with Crippen LogP contribution >= 0.6 is 0 Å². The second kappa shape index (κ2) is 8.44. The molecule has 0 spiro atoms. The summed E-state index contributed by atoms with van der Waals surface area (Å²) in [6, 6.07) is 9.30. The van der Waals surface area contributed by atoms with E-state index in [1.807, 2.05) is 44.2 Å². The van der Waals surface area contributed by atoms with Crippen LogP contribution in [0.5, 0.6) is 0 Å². The summed E-state index contributed by atoms with van der Waals surface area (Å²) < 4.78 is 5.35. The van der Waals surface area contributed by atoms with Crippen molar-refractivity contribution in [3.05, 3.63) is 54.7 Å². The number of aromatic nitrogens is 3. The molecule has 0 fully saturated rings. The molecular formula is C19H23N5O2. The minimum Gasteiger partial charge on any atom is -0.467 e. The molecule has 136 valence electrons. The largest absolute Gasteiger partial charge is 0.467 e. The van der Waals surface area contributed by atoms with Crippen LogP contribution in [0.25, 0.3) is 11.3 Å². The molecule has 0 unspecified atom stereocenters. The zero-order chi connectivity index (χ0) is 18.4. The van der Waals surface area contributed by atoms with Crippen molar-refractivity contribution in [2.75, 3.05) is 17.2 Å². The van der Waals surface area contributed by atoms with Crippen molar-refractivity contribution in [3.63, 3.8) is 0 Å². The van der Waals surface area contributed by atoms with Gasteiger partial charge in [0.25, 0.3) is 0 Å². The van der Waals surface area contributed by atoms with Gasteiger partial charge in [0, 0.05) is 24.0 Å². The van der Waals surface area contributed by atoms with Crippen LogP contribution in [0.3, 0.4) is 0 Å². The molecule has 0 aliphatic rings. The van der Waals surface area contributed by atoms with Crippen molar-refractivity contribution < 1.29 is 9.52 Å². The third-order valence-electron chi connectivity index (χ3n) is 4.04. The Bertz CT molecular complexity index is 806. The standard InChI is InChI=1S/C19H23N5O2/c1-13(2)17(12-25)23-19-22-16(14-5-7-20-8-6-14)10-18(24-19)21-11-15-4-3-9-26-15/h3-10,13,17,25H,11-12H2,1-2H3,(H2,21,22,23,24)/t17-/m1/s1. The first-order chi connectivity index (χ1) is 12.7. The number of pyridine rings is 1. The number of nitrogens with one attached hydrogen (secondary N) is 2. The first-order valence-electron chi connectivity index (χ1n) is 8.59. The van der Waals surface area contributed by atoms with Crippen LogP contribution in [0.4, 0.5) is 11.8 Å². The minimum atomic E-state index is -0.124. The van der Waals surface area contributed by atoms with Gasteiger partial charge in [0.15, 0.2) is 0 Å². The van der Waals surface area contributed by atoms with Gasteiger partial charge in [0.2, 0.25) is 5.95 Å². The van der Waals surface area contributed by atoms with E-state index in [2.05, 4.69) is 25.6 Å². The van der Waals surface area contributed by atoms with Gasteiger partial charge in [-0.05, 0) is 30.2 Å². The predicted octanol–water partition coefficient (Wildman–Crippen LogP) is 3.17. The highest BCUT2D eigenvalue weighted by atomic mass is 16.3. The fourth-order valence-corrected chi connectivity index (χ4v) is 2.45. The summed E-state index contributed by atoms with van der Waals surface area (Å²) in [4.78, 5) is 13.2. The number of hydrogen-bond acceptors (Lipinski definition) is 7. The number of aliphatic hydroxyl groups excluding tert-OH is 1. The molecule has 0 aliphatic heterocycles. The topological polar surface area (TPSA) is 96.1 Å². The van der Waals surface area contributed by atoms with E-state index in [1.54, 1.807) is 18.7 Å². The fraction of sp³-hybridized carbons (Fsp3) is 0.316. The lowest BCUT2D eigenvalue weighted by Gasteiger charge is -2.20. The van der Waals surface area contributed by atoms with Gasteiger partial charge < -0.3 is 20.2 Å². The maximum absolute atomic E-state index is 9.59. The van der Waals surface area contributed by atoms with Crippen LogP contribution in [-0.2, 0) is 6.54 Å². The molecule has 3 N–H and O–H groups in total. The van der Waals surface area contributed by atoms with Crippen LogP contribution in [0.2, 0.25) is 0 Å². The molecule has 3 rings (SSSR count). The Morgan fingerprint density at radius 1 is 1.15 bits per heavy atom. The lowest BCUT2D eigenvalue weighted by atomic mass is 10.1. The van der Waals surface area contributed by atoms with E-state index in [0.717, 1.165) is 17.0 Å². The van der Waals surface area contributed by atoms with Gasteiger partial charge in [0.1, 0.15) is 11.6 Å². The fourth-order valence-electron chi connectivity index (χ4n) is 2.45. The summed E-state index contributed by atoms with van der Waals surface area (Å²) in [5.74, 6) is 2.20. The summed E-state index contributed by atoms with van der Waals surface area (Å²) >= 11 is 0. The highest BCUT2D eigenvalue weighted by Gasteiger charge is 2.15. The number of furan rings is 1. The number of nitrogens with zero attached hydrogens (tertiary/aromatic N) is 3. The first kappa shape index (κ1) is 17.9. The highest BCUT2D eigenvalue weighted by Crippen LogP contribution is 2.22. The second-order valence-electron chi connectivity index (χ2n) is 6.31. The SMILES string of the molecule is CC(C)[C@@H](CO)Nc1nc(NCc2ccco2)cc(-c2ccncc2)n1. The zero-order valence-electron chi connectivity index (χ0n) is 14.9. The lowest BCUT2D eigenvalue weighted by Crippen LogP contribution is -2.30. The van der Waals surface area contributed by atoms with Crippen molar-refractivity contribution in [1.29, 1.82) is 0 Å². The first-order valence-corrected chi connectivity index (χ1v) is 8.59. The van der Waals surface area contributed by atoms with Gasteiger partial charge in [-0.3, -0.25) is 4.98 Å². The third kappa shape index (κ3) is 4.58. The second-order valence-corrected chi connectivity index (χ2v) is 6.31. The number of anilines is 2. The molecule has 0 saturated heterocycles. The van der Waals surface area contributed by atoms with E-state index in [4.69, 9.17) is 4.42 Å². The maximum Gasteiger partial charge on any atom is 0.225 e. The summed E-state index contributed by atoms with van der Waals surface area (Å²) in [6.45, 7) is 4.61. The van der Waals surface area contributed by atoms with E-state index < -0.39 is 0 Å². The van der Waals surface area contributed by atoms with Crippen molar-refractivity contribution in [2.24, 2.45) is 5.92 Å². The van der Waals surface area contributed by atoms with Crippen LogP contribution in [0.1, 0.15) is 19.6 Å². The molecule has 0 aromatic carbocycles. The average molecular weight is 353 g/mol. The lowest BCUT2D eigenvalue weighted by molar-refractivity contribution is 0.248. The Kier molecular flexibility index (Phi) is 5.80. The van der Waals surface area contributed by atoms with Crippen molar-refractivity contribution in [1.82, 2.24) is 15.0 Å². The van der Waals surface area contributed by atoms with Crippen LogP contribution in [-0.4, -0.2) is 32.7 Å². The molecule has 3 aromatic heterocycles. The predicted molar refractivity (Wildman–Crippen MR) is 101 cm³/mol. The number of rotatable bonds is 8. The van der Waals surface area contributed by atoms with Gasteiger partial charge in [-0.25, -0.2) is 4.98 Å². The molecule has 1 atom stereocenters. The van der Waals surface area contributed by atoms with Gasteiger partial charge in [0.05, 0.1) is 31.2 Å². The normalized spacial score (nSPS) is 12.2. The van der Waals surface area contributed by atoms with E-state index >= 15 is 0 Å². The zero-order valence-corrected chi connectivity index (χ0v) is 14.9. The van der Waals surface area contributed by atoms with E-state index in [9.17, 15) is 5.11 Å². The number of hydrogen-bond donors (Lipinski definition) is 3. The molecule has 0 aliphatic carbocycles. The molecule has 0 radical (unpaired) electrons. The van der Waals surface area contributed by atoms with E-state index in [1.165, 1.54) is 0 Å². The maximum atomic E-state index is 9.59. The minimum absolute atomic E-state index is 0.00959. The van der Waals surface area contributed by atoms with Gasteiger partial charge >= 0.3 is 0 Å². The highest BCUT2D eigenvalue weighted by molar-refractivity contribution is 5.64. The summed E-state index contributed by atoms with van der Waals surface area (Å²) in [6.07, 6.45) is 5.09. The molecule has 0 saturated carbocycles. The van der Waals surface area contributed by atoms with E-state index in [-0.39, 0.29) is 18.6 Å².